The largest absolute Gasteiger partial charge is 0.433 e. The van der Waals surface area contributed by atoms with Gasteiger partial charge in [-0.15, -0.1) is 0 Å². The van der Waals surface area contributed by atoms with Gasteiger partial charge in [-0.05, 0) is 60.1 Å². The molecule has 1 aromatic carbocycles. The van der Waals surface area contributed by atoms with Crippen LogP contribution >= 0.6 is 0 Å². The van der Waals surface area contributed by atoms with Crippen LogP contribution in [0.5, 0.6) is 0 Å². The Kier molecular flexibility index (Phi) is 3.88. The molecule has 33 heavy (non-hydrogen) atoms. The Morgan fingerprint density at radius 2 is 2.03 bits per heavy atom. The van der Waals surface area contributed by atoms with Crippen molar-refractivity contribution in [3.63, 3.8) is 0 Å². The Labute approximate surface area is 187 Å². The maximum Gasteiger partial charge on any atom is 0.433 e. The van der Waals surface area contributed by atoms with Crippen molar-refractivity contribution in [1.82, 2.24) is 14.8 Å². The molecule has 0 aliphatic heterocycles. The van der Waals surface area contributed by atoms with Gasteiger partial charge < -0.3 is 5.32 Å². The van der Waals surface area contributed by atoms with E-state index in [1.54, 1.807) is 12.3 Å². The van der Waals surface area contributed by atoms with Crippen LogP contribution in [0.1, 0.15) is 48.4 Å². The molecule has 3 fully saturated rings. The van der Waals surface area contributed by atoms with E-state index in [0.717, 1.165) is 40.3 Å². The predicted octanol–water partition coefficient (Wildman–Crippen LogP) is 4.67. The number of carbonyl (C=O) groups is 1. The van der Waals surface area contributed by atoms with Gasteiger partial charge in [0.2, 0.25) is 5.91 Å². The number of anilines is 1. The number of rotatable bonds is 4. The number of carbonyl (C=O) groups excluding carboxylic acids is 1. The van der Waals surface area contributed by atoms with Crippen molar-refractivity contribution >= 4 is 22.5 Å². The van der Waals surface area contributed by atoms with Crippen LogP contribution in [-0.4, -0.2) is 20.7 Å². The number of amides is 1. The van der Waals surface area contributed by atoms with Crippen LogP contribution in [0.2, 0.25) is 0 Å². The molecular formula is C24H20F3N5O. The minimum absolute atomic E-state index is 0.0569. The van der Waals surface area contributed by atoms with Gasteiger partial charge in [0.05, 0.1) is 17.7 Å². The van der Waals surface area contributed by atoms with Crippen molar-refractivity contribution in [2.75, 3.05) is 5.32 Å². The molecule has 3 aliphatic carbocycles. The van der Waals surface area contributed by atoms with E-state index >= 15 is 0 Å². The Morgan fingerprint density at radius 1 is 1.24 bits per heavy atom. The first-order chi connectivity index (χ1) is 15.7. The third-order valence-corrected chi connectivity index (χ3v) is 7.66. The fourth-order valence-electron chi connectivity index (χ4n) is 5.44. The SMILES string of the molecule is Cn1ncc([C@@H]2C[C@H]2C(=O)Nc2cc3cc([C@@]4(C#N)CC45CC5)ccc3cn2)c1C(F)(F)F. The molecule has 6 rings (SSSR count). The molecule has 6 nitrogen and oxygen atoms in total. The van der Waals surface area contributed by atoms with Crippen LogP contribution < -0.4 is 5.32 Å². The number of nitriles is 1. The first-order valence-electron chi connectivity index (χ1n) is 10.9. The lowest BCUT2D eigenvalue weighted by atomic mass is 9.92. The van der Waals surface area contributed by atoms with Gasteiger partial charge in [-0.1, -0.05) is 12.1 Å². The van der Waals surface area contributed by atoms with E-state index in [0.29, 0.717) is 12.2 Å². The molecular weight excluding hydrogens is 431 g/mol. The predicted molar refractivity (Wildman–Crippen MR) is 113 cm³/mol. The molecule has 0 saturated heterocycles. The molecule has 0 radical (unpaired) electrons. The second kappa shape index (κ2) is 6.34. The zero-order chi connectivity index (χ0) is 23.2. The summed E-state index contributed by atoms with van der Waals surface area (Å²) in [5.74, 6) is -1.07. The summed E-state index contributed by atoms with van der Waals surface area (Å²) in [7, 11) is 1.25. The van der Waals surface area contributed by atoms with Gasteiger partial charge in [0, 0.05) is 30.1 Å². The van der Waals surface area contributed by atoms with Crippen molar-refractivity contribution in [2.45, 2.75) is 43.2 Å². The van der Waals surface area contributed by atoms with E-state index in [9.17, 15) is 23.2 Å². The third-order valence-electron chi connectivity index (χ3n) is 7.66. The summed E-state index contributed by atoms with van der Waals surface area (Å²) in [5.41, 5.74) is -0.00515. The van der Waals surface area contributed by atoms with Crippen molar-refractivity contribution in [1.29, 1.82) is 5.26 Å². The summed E-state index contributed by atoms with van der Waals surface area (Å²) in [5, 5.41) is 18.1. The quantitative estimate of drug-likeness (QED) is 0.625. The van der Waals surface area contributed by atoms with Crippen LogP contribution in [0, 0.1) is 22.7 Å². The maximum absolute atomic E-state index is 13.4. The molecule has 0 bridgehead atoms. The smallest absolute Gasteiger partial charge is 0.310 e. The van der Waals surface area contributed by atoms with E-state index in [1.165, 1.54) is 13.2 Å². The van der Waals surface area contributed by atoms with E-state index in [4.69, 9.17) is 0 Å². The highest BCUT2D eigenvalue weighted by Crippen LogP contribution is 2.78. The number of alkyl halides is 3. The lowest BCUT2D eigenvalue weighted by Gasteiger charge is -2.11. The minimum Gasteiger partial charge on any atom is -0.310 e. The summed E-state index contributed by atoms with van der Waals surface area (Å²) in [6.07, 6.45) is 1.74. The first-order valence-corrected chi connectivity index (χ1v) is 10.9. The van der Waals surface area contributed by atoms with Crippen LogP contribution in [0.4, 0.5) is 19.0 Å². The highest BCUT2D eigenvalue weighted by atomic mass is 19.4. The first kappa shape index (κ1) is 20.2. The van der Waals surface area contributed by atoms with Gasteiger partial charge in [0.25, 0.3) is 0 Å². The third kappa shape index (κ3) is 2.96. The van der Waals surface area contributed by atoms with Crippen LogP contribution in [-0.2, 0) is 23.4 Å². The number of aryl methyl sites for hydroxylation is 1. The van der Waals surface area contributed by atoms with Crippen LogP contribution in [0.25, 0.3) is 10.8 Å². The number of fused-ring (bicyclic) bond motifs is 1. The lowest BCUT2D eigenvalue weighted by molar-refractivity contribution is -0.144. The standard InChI is InChI=1S/C24H20F3N5O/c1-32-20(24(25,26)27)18(10-30-32)16-8-17(16)21(33)31-19-7-14-6-15(3-2-13(14)9-29-19)23(12-28)11-22(23)4-5-22/h2-3,6-7,9-10,16-17H,4-5,8,11H2,1H3,(H,29,31,33)/t16-,17-,23+/m1/s1. The molecule has 2 aromatic heterocycles. The second-order valence-electron chi connectivity index (χ2n) is 9.61. The molecule has 1 amide bonds. The molecule has 2 heterocycles. The van der Waals surface area contributed by atoms with Gasteiger partial charge in [0.1, 0.15) is 11.5 Å². The topological polar surface area (TPSA) is 83.6 Å². The molecule has 168 valence electrons. The highest BCUT2D eigenvalue weighted by Gasteiger charge is 2.75. The van der Waals surface area contributed by atoms with Gasteiger partial charge >= 0.3 is 6.18 Å². The van der Waals surface area contributed by atoms with E-state index in [1.807, 2.05) is 18.2 Å². The number of hydrogen-bond donors (Lipinski definition) is 1. The average Bonchev–Trinajstić information content (AvgIpc) is 3.71. The lowest BCUT2D eigenvalue weighted by Crippen LogP contribution is -2.17. The van der Waals surface area contributed by atoms with Crippen molar-refractivity contribution in [2.24, 2.45) is 18.4 Å². The summed E-state index contributed by atoms with van der Waals surface area (Å²) in [4.78, 5) is 17.0. The van der Waals surface area contributed by atoms with Crippen molar-refractivity contribution < 1.29 is 18.0 Å². The van der Waals surface area contributed by atoms with Gasteiger partial charge in [-0.2, -0.15) is 23.5 Å². The summed E-state index contributed by atoms with van der Waals surface area (Å²) < 4.78 is 40.9. The summed E-state index contributed by atoms with van der Waals surface area (Å²) in [6.45, 7) is 0. The van der Waals surface area contributed by atoms with E-state index in [-0.39, 0.29) is 16.9 Å². The molecule has 1 spiro atoms. The normalized spacial score (nSPS) is 26.8. The molecule has 3 saturated carbocycles. The zero-order valence-corrected chi connectivity index (χ0v) is 17.8. The number of aromatic nitrogens is 3. The number of halogens is 3. The summed E-state index contributed by atoms with van der Waals surface area (Å²) in [6, 6.07) is 10.2. The second-order valence-corrected chi connectivity index (χ2v) is 9.61. The number of pyridine rings is 1. The minimum atomic E-state index is -4.52. The molecule has 3 aromatic rings. The van der Waals surface area contributed by atoms with Crippen LogP contribution in [0.15, 0.2) is 36.7 Å². The van der Waals surface area contributed by atoms with Gasteiger partial charge in [-0.3, -0.25) is 9.48 Å². The molecule has 9 heteroatoms. The zero-order valence-electron chi connectivity index (χ0n) is 17.8. The molecule has 0 unspecified atom stereocenters. The Bertz CT molecular complexity index is 1370. The fraction of sp³-hybridized carbons (Fsp3) is 0.417. The number of nitrogens with zero attached hydrogens (tertiary/aromatic N) is 4. The summed E-state index contributed by atoms with van der Waals surface area (Å²) >= 11 is 0. The number of benzene rings is 1. The van der Waals surface area contributed by atoms with E-state index in [2.05, 4.69) is 21.5 Å². The average molecular weight is 451 g/mol. The molecule has 3 atom stereocenters. The van der Waals surface area contributed by atoms with Gasteiger partial charge in [0.15, 0.2) is 0 Å². The van der Waals surface area contributed by atoms with Crippen molar-refractivity contribution in [3.05, 3.63) is 53.5 Å². The fourth-order valence-corrected chi connectivity index (χ4v) is 5.44. The Morgan fingerprint density at radius 3 is 2.70 bits per heavy atom. The number of nitrogens with one attached hydrogen (secondary N) is 1. The molecule has 1 N–H and O–H groups in total. The van der Waals surface area contributed by atoms with Crippen molar-refractivity contribution in [3.8, 4) is 6.07 Å². The maximum atomic E-state index is 13.4. The Balaban J connectivity index is 1.22. The highest BCUT2D eigenvalue weighted by molar-refractivity contribution is 5.96. The number of hydrogen-bond acceptors (Lipinski definition) is 4. The monoisotopic (exact) mass is 451 g/mol. The Hall–Kier alpha value is -3.41. The van der Waals surface area contributed by atoms with Crippen LogP contribution in [0.3, 0.4) is 0 Å². The molecule has 3 aliphatic rings. The van der Waals surface area contributed by atoms with Gasteiger partial charge in [-0.25, -0.2) is 4.98 Å². The van der Waals surface area contributed by atoms with E-state index < -0.39 is 29.1 Å².